The van der Waals surface area contributed by atoms with Crippen molar-refractivity contribution in [2.45, 2.75) is 19.7 Å². The first-order valence-corrected chi connectivity index (χ1v) is 9.74. The van der Waals surface area contributed by atoms with Crippen LogP contribution < -0.4 is 0 Å². The van der Waals surface area contributed by atoms with Crippen LogP contribution in [0, 0.1) is 0 Å². The summed E-state index contributed by atoms with van der Waals surface area (Å²) in [6, 6.07) is 20.7. The summed E-state index contributed by atoms with van der Waals surface area (Å²) in [7, 11) is 0. The van der Waals surface area contributed by atoms with E-state index < -0.39 is 0 Å². The summed E-state index contributed by atoms with van der Waals surface area (Å²) in [5.41, 5.74) is 0. The van der Waals surface area contributed by atoms with Gasteiger partial charge in [-0.3, -0.25) is 0 Å². The first-order chi connectivity index (χ1) is 10.7. The lowest BCUT2D eigenvalue weighted by Crippen LogP contribution is -1.84. The molecule has 22 heavy (non-hydrogen) atoms. The molecular weight excluding hydrogens is 442 g/mol. The van der Waals surface area contributed by atoms with Crippen molar-refractivity contribution in [1.82, 2.24) is 4.98 Å². The number of aromatic nitrogens is 1. The van der Waals surface area contributed by atoms with Crippen LogP contribution in [-0.4, -0.2) is 4.98 Å². The molecule has 0 N–H and O–H groups in total. The molecule has 3 rings (SSSR count). The first-order valence-electron chi connectivity index (χ1n) is 6.52. The van der Waals surface area contributed by atoms with E-state index in [2.05, 4.69) is 79.3 Å². The molecule has 1 heterocycles. The lowest BCUT2D eigenvalue weighted by atomic mass is 10.4. The van der Waals surface area contributed by atoms with Crippen molar-refractivity contribution in [3.05, 3.63) is 75.8 Å². The predicted molar refractivity (Wildman–Crippen MR) is 101 cm³/mol. The highest BCUT2D eigenvalue weighted by Crippen LogP contribution is 2.37. The largest absolute Gasteiger partial charge is 0.248 e. The summed E-state index contributed by atoms with van der Waals surface area (Å²) >= 11 is 10.3. The van der Waals surface area contributed by atoms with Crippen molar-refractivity contribution in [2.75, 3.05) is 0 Å². The van der Waals surface area contributed by atoms with Gasteiger partial charge in [0.1, 0.15) is 5.03 Å². The Kier molecular flexibility index (Phi) is 5.63. The van der Waals surface area contributed by atoms with Crippen molar-refractivity contribution >= 4 is 55.4 Å². The SMILES string of the molecule is Brc1ccc(Sc2cccnc2Sc2ccc(Br)cc2)cc1. The van der Waals surface area contributed by atoms with Crippen LogP contribution in [0.2, 0.25) is 0 Å². The number of nitrogens with zero attached hydrogens (tertiary/aromatic N) is 1. The molecular formula is C17H11Br2NS2. The van der Waals surface area contributed by atoms with E-state index in [4.69, 9.17) is 0 Å². The summed E-state index contributed by atoms with van der Waals surface area (Å²) in [5, 5.41) is 1.03. The quantitative estimate of drug-likeness (QED) is 0.426. The van der Waals surface area contributed by atoms with Gasteiger partial charge in [0, 0.05) is 29.8 Å². The second-order valence-electron chi connectivity index (χ2n) is 4.42. The van der Waals surface area contributed by atoms with Crippen molar-refractivity contribution in [2.24, 2.45) is 0 Å². The smallest absolute Gasteiger partial charge is 0.115 e. The van der Waals surface area contributed by atoms with Gasteiger partial charge in [-0.05, 0) is 60.7 Å². The van der Waals surface area contributed by atoms with Gasteiger partial charge in [-0.2, -0.15) is 0 Å². The molecule has 0 spiro atoms. The highest BCUT2D eigenvalue weighted by Gasteiger charge is 2.07. The van der Waals surface area contributed by atoms with Crippen LogP contribution in [0.4, 0.5) is 0 Å². The van der Waals surface area contributed by atoms with Crippen molar-refractivity contribution in [3.63, 3.8) is 0 Å². The van der Waals surface area contributed by atoms with E-state index in [1.807, 2.05) is 24.4 Å². The molecule has 2 aromatic carbocycles. The van der Waals surface area contributed by atoms with E-state index in [-0.39, 0.29) is 0 Å². The maximum absolute atomic E-state index is 4.53. The summed E-state index contributed by atoms with van der Waals surface area (Å²) in [6.45, 7) is 0. The monoisotopic (exact) mass is 451 g/mol. The molecule has 5 heteroatoms. The molecule has 0 aliphatic carbocycles. The van der Waals surface area contributed by atoms with E-state index in [0.717, 1.165) is 18.9 Å². The van der Waals surface area contributed by atoms with E-state index in [9.17, 15) is 0 Å². The summed E-state index contributed by atoms with van der Waals surface area (Å²) in [6.07, 6.45) is 1.84. The zero-order valence-corrected chi connectivity index (χ0v) is 16.2. The van der Waals surface area contributed by atoms with Gasteiger partial charge >= 0.3 is 0 Å². The summed E-state index contributed by atoms with van der Waals surface area (Å²) < 4.78 is 2.18. The Balaban J connectivity index is 1.83. The van der Waals surface area contributed by atoms with Gasteiger partial charge in [0.2, 0.25) is 0 Å². The number of hydrogen-bond acceptors (Lipinski definition) is 3. The normalized spacial score (nSPS) is 10.6. The highest BCUT2D eigenvalue weighted by molar-refractivity contribution is 9.10. The Morgan fingerprint density at radius 1 is 0.682 bits per heavy atom. The minimum Gasteiger partial charge on any atom is -0.248 e. The van der Waals surface area contributed by atoms with Gasteiger partial charge < -0.3 is 0 Å². The zero-order chi connectivity index (χ0) is 15.4. The third kappa shape index (κ3) is 4.38. The maximum atomic E-state index is 4.53. The maximum Gasteiger partial charge on any atom is 0.115 e. The van der Waals surface area contributed by atoms with Crippen LogP contribution in [0.5, 0.6) is 0 Å². The van der Waals surface area contributed by atoms with Gasteiger partial charge in [-0.1, -0.05) is 55.4 Å². The standard InChI is InChI=1S/C17H11Br2NS2/c18-12-3-7-14(8-4-12)21-16-2-1-11-20-17(16)22-15-9-5-13(19)6-10-15/h1-11H. The molecule has 0 aliphatic heterocycles. The van der Waals surface area contributed by atoms with Crippen molar-refractivity contribution in [1.29, 1.82) is 0 Å². The molecule has 0 saturated heterocycles. The minimum atomic E-state index is 1.03. The molecule has 0 aliphatic rings. The minimum absolute atomic E-state index is 1.03. The Labute approximate surface area is 155 Å². The van der Waals surface area contributed by atoms with Crippen LogP contribution in [0.3, 0.4) is 0 Å². The number of pyridine rings is 1. The van der Waals surface area contributed by atoms with Crippen molar-refractivity contribution < 1.29 is 0 Å². The Morgan fingerprint density at radius 2 is 1.23 bits per heavy atom. The molecule has 1 aromatic heterocycles. The van der Waals surface area contributed by atoms with Crippen LogP contribution in [0.15, 0.2) is 95.5 Å². The van der Waals surface area contributed by atoms with Gasteiger partial charge in [0.05, 0.1) is 0 Å². The second kappa shape index (κ2) is 7.68. The summed E-state index contributed by atoms with van der Waals surface area (Å²) in [5.74, 6) is 0. The average Bonchev–Trinajstić information content (AvgIpc) is 2.54. The topological polar surface area (TPSA) is 12.9 Å². The van der Waals surface area contributed by atoms with E-state index >= 15 is 0 Å². The van der Waals surface area contributed by atoms with E-state index in [1.54, 1.807) is 23.5 Å². The third-order valence-corrected chi connectivity index (χ3v) is 6.08. The molecule has 0 saturated carbocycles. The lowest BCUT2D eigenvalue weighted by molar-refractivity contribution is 1.03. The Bertz CT molecular complexity index is 692. The number of halogens is 2. The fraction of sp³-hybridized carbons (Fsp3) is 0. The summed E-state index contributed by atoms with van der Waals surface area (Å²) in [4.78, 5) is 8.08. The lowest BCUT2D eigenvalue weighted by Gasteiger charge is -2.08. The molecule has 0 atom stereocenters. The van der Waals surface area contributed by atoms with E-state index in [0.29, 0.717) is 0 Å². The third-order valence-electron chi connectivity index (χ3n) is 2.81. The predicted octanol–water partition coefficient (Wildman–Crippen LogP) is 6.91. The molecule has 0 bridgehead atoms. The average molecular weight is 453 g/mol. The second-order valence-corrected chi connectivity index (χ2v) is 8.43. The van der Waals surface area contributed by atoms with E-state index in [1.165, 1.54) is 9.79 Å². The van der Waals surface area contributed by atoms with Crippen LogP contribution in [0.1, 0.15) is 0 Å². The number of hydrogen-bond donors (Lipinski definition) is 0. The van der Waals surface area contributed by atoms with Gasteiger partial charge in [0.15, 0.2) is 0 Å². The van der Waals surface area contributed by atoms with Crippen LogP contribution in [0.25, 0.3) is 0 Å². The van der Waals surface area contributed by atoms with Gasteiger partial charge in [0.25, 0.3) is 0 Å². The molecule has 0 fully saturated rings. The molecule has 0 radical (unpaired) electrons. The van der Waals surface area contributed by atoms with Crippen LogP contribution >= 0.6 is 55.4 Å². The van der Waals surface area contributed by atoms with Crippen molar-refractivity contribution in [3.8, 4) is 0 Å². The van der Waals surface area contributed by atoms with Crippen LogP contribution in [-0.2, 0) is 0 Å². The number of benzene rings is 2. The number of rotatable bonds is 4. The zero-order valence-electron chi connectivity index (χ0n) is 11.4. The Morgan fingerprint density at radius 3 is 1.82 bits per heavy atom. The van der Waals surface area contributed by atoms with Gasteiger partial charge in [-0.25, -0.2) is 4.98 Å². The molecule has 110 valence electrons. The first kappa shape index (κ1) is 16.1. The Hall–Kier alpha value is -0.750. The molecule has 3 aromatic rings. The highest BCUT2D eigenvalue weighted by atomic mass is 79.9. The molecule has 1 nitrogen and oxygen atoms in total. The van der Waals surface area contributed by atoms with Gasteiger partial charge in [-0.15, -0.1) is 0 Å². The fourth-order valence-electron chi connectivity index (χ4n) is 1.77. The molecule has 0 amide bonds. The molecule has 0 unspecified atom stereocenters. The fourth-order valence-corrected chi connectivity index (χ4v) is 4.14.